The summed E-state index contributed by atoms with van der Waals surface area (Å²) >= 11 is 0. The molecule has 0 saturated heterocycles. The van der Waals surface area contributed by atoms with Crippen molar-refractivity contribution in [3.63, 3.8) is 0 Å². The standard InChI is InChI=1S/C14H21N3O3/c1-3-8-15-13(18)9-16-14(19)17-12-7-5-4-6-11(12)10-20-2/h4-7H,3,8-10H2,1-2H3,(H,15,18)(H2,16,17,19). The van der Waals surface area contributed by atoms with Crippen molar-refractivity contribution in [1.82, 2.24) is 10.6 Å². The third kappa shape index (κ3) is 5.71. The first-order chi connectivity index (χ1) is 9.67. The second kappa shape index (κ2) is 8.92. The molecular formula is C14H21N3O3. The van der Waals surface area contributed by atoms with E-state index in [9.17, 15) is 9.59 Å². The van der Waals surface area contributed by atoms with Crippen LogP contribution in [0.15, 0.2) is 24.3 Å². The highest BCUT2D eigenvalue weighted by molar-refractivity contribution is 5.92. The van der Waals surface area contributed by atoms with Crippen molar-refractivity contribution in [3.05, 3.63) is 29.8 Å². The second-order valence-electron chi connectivity index (χ2n) is 4.25. The molecule has 0 aliphatic heterocycles. The normalized spacial score (nSPS) is 9.90. The third-order valence-corrected chi connectivity index (χ3v) is 2.55. The van der Waals surface area contributed by atoms with Crippen LogP contribution in [0.5, 0.6) is 0 Å². The molecule has 1 aromatic carbocycles. The van der Waals surface area contributed by atoms with Gasteiger partial charge in [-0.2, -0.15) is 0 Å². The SMILES string of the molecule is CCCNC(=O)CNC(=O)Nc1ccccc1COC. The van der Waals surface area contributed by atoms with E-state index in [0.29, 0.717) is 18.8 Å². The number of rotatable bonds is 7. The molecule has 0 atom stereocenters. The Morgan fingerprint density at radius 3 is 2.65 bits per heavy atom. The lowest BCUT2D eigenvalue weighted by Crippen LogP contribution is -2.39. The fourth-order valence-electron chi connectivity index (χ4n) is 1.58. The Bertz CT molecular complexity index is 449. The van der Waals surface area contributed by atoms with Crippen LogP contribution in [0.3, 0.4) is 0 Å². The molecule has 0 saturated carbocycles. The van der Waals surface area contributed by atoms with Crippen LogP contribution in [0.2, 0.25) is 0 Å². The Labute approximate surface area is 118 Å². The Balaban J connectivity index is 2.44. The molecular weight excluding hydrogens is 258 g/mol. The monoisotopic (exact) mass is 279 g/mol. The van der Waals surface area contributed by atoms with Gasteiger partial charge in [0, 0.05) is 24.9 Å². The molecule has 1 aromatic rings. The Hall–Kier alpha value is -2.08. The summed E-state index contributed by atoms with van der Waals surface area (Å²) in [6.45, 7) is 2.94. The van der Waals surface area contributed by atoms with Crippen molar-refractivity contribution in [2.45, 2.75) is 20.0 Å². The average molecular weight is 279 g/mol. The van der Waals surface area contributed by atoms with Gasteiger partial charge in [0.1, 0.15) is 0 Å². The minimum absolute atomic E-state index is 0.0434. The number of urea groups is 1. The van der Waals surface area contributed by atoms with Gasteiger partial charge >= 0.3 is 6.03 Å². The number of anilines is 1. The molecule has 0 radical (unpaired) electrons. The van der Waals surface area contributed by atoms with Gasteiger partial charge in [0.15, 0.2) is 0 Å². The molecule has 0 spiro atoms. The Morgan fingerprint density at radius 1 is 1.20 bits per heavy atom. The zero-order chi connectivity index (χ0) is 14.8. The summed E-state index contributed by atoms with van der Waals surface area (Å²) in [4.78, 5) is 23.1. The van der Waals surface area contributed by atoms with E-state index < -0.39 is 6.03 Å². The van der Waals surface area contributed by atoms with Crippen LogP contribution in [0.4, 0.5) is 10.5 Å². The van der Waals surface area contributed by atoms with Crippen molar-refractivity contribution in [1.29, 1.82) is 0 Å². The van der Waals surface area contributed by atoms with Crippen molar-refractivity contribution in [3.8, 4) is 0 Å². The summed E-state index contributed by atoms with van der Waals surface area (Å²) < 4.78 is 5.06. The van der Waals surface area contributed by atoms with E-state index >= 15 is 0 Å². The van der Waals surface area contributed by atoms with Gasteiger partial charge in [0.25, 0.3) is 0 Å². The number of methoxy groups -OCH3 is 1. The molecule has 0 heterocycles. The first kappa shape index (κ1) is 16.0. The van der Waals surface area contributed by atoms with Gasteiger partial charge in [0.05, 0.1) is 13.2 Å². The van der Waals surface area contributed by atoms with Gasteiger partial charge in [-0.3, -0.25) is 4.79 Å². The largest absolute Gasteiger partial charge is 0.380 e. The maximum absolute atomic E-state index is 11.7. The van der Waals surface area contributed by atoms with Gasteiger partial charge in [-0.1, -0.05) is 25.1 Å². The van der Waals surface area contributed by atoms with Crippen LogP contribution in [0.25, 0.3) is 0 Å². The highest BCUT2D eigenvalue weighted by Gasteiger charge is 2.07. The number of hydrogen-bond donors (Lipinski definition) is 3. The number of nitrogens with one attached hydrogen (secondary N) is 3. The third-order valence-electron chi connectivity index (χ3n) is 2.55. The number of carbonyl (C=O) groups is 2. The number of hydrogen-bond acceptors (Lipinski definition) is 3. The predicted molar refractivity (Wildman–Crippen MR) is 77.5 cm³/mol. The summed E-state index contributed by atoms with van der Waals surface area (Å²) in [5.41, 5.74) is 1.54. The Kier molecular flexibility index (Phi) is 7.13. The van der Waals surface area contributed by atoms with Gasteiger partial charge in [0.2, 0.25) is 5.91 Å². The molecule has 3 amide bonds. The summed E-state index contributed by atoms with van der Waals surface area (Å²) in [6.07, 6.45) is 0.863. The first-order valence-corrected chi connectivity index (χ1v) is 6.55. The molecule has 0 unspecified atom stereocenters. The highest BCUT2D eigenvalue weighted by Crippen LogP contribution is 2.15. The number of ether oxygens (including phenoxy) is 1. The van der Waals surface area contributed by atoms with Crippen molar-refractivity contribution in [2.75, 3.05) is 25.5 Å². The van der Waals surface area contributed by atoms with Gasteiger partial charge < -0.3 is 20.7 Å². The molecule has 0 aliphatic rings. The Morgan fingerprint density at radius 2 is 1.95 bits per heavy atom. The highest BCUT2D eigenvalue weighted by atomic mass is 16.5. The predicted octanol–water partition coefficient (Wildman–Crippen LogP) is 1.48. The molecule has 6 heteroatoms. The van der Waals surface area contributed by atoms with E-state index in [0.717, 1.165) is 12.0 Å². The fraction of sp³-hybridized carbons (Fsp3) is 0.429. The summed E-state index contributed by atoms with van der Waals surface area (Å²) in [5.74, 6) is -0.202. The minimum Gasteiger partial charge on any atom is -0.380 e. The lowest BCUT2D eigenvalue weighted by atomic mass is 10.2. The van der Waals surface area contributed by atoms with Crippen LogP contribution in [-0.4, -0.2) is 32.1 Å². The van der Waals surface area contributed by atoms with Crippen LogP contribution < -0.4 is 16.0 Å². The quantitative estimate of drug-likeness (QED) is 0.707. The van der Waals surface area contributed by atoms with Gasteiger partial charge in [-0.15, -0.1) is 0 Å². The van der Waals surface area contributed by atoms with E-state index in [2.05, 4.69) is 16.0 Å². The number of benzene rings is 1. The number of para-hydroxylation sites is 1. The zero-order valence-electron chi connectivity index (χ0n) is 11.9. The van der Waals surface area contributed by atoms with Crippen LogP contribution in [-0.2, 0) is 16.1 Å². The van der Waals surface area contributed by atoms with E-state index in [1.807, 2.05) is 25.1 Å². The van der Waals surface area contributed by atoms with Crippen molar-refractivity contribution < 1.29 is 14.3 Å². The molecule has 0 bridgehead atoms. The van der Waals surface area contributed by atoms with Crippen LogP contribution >= 0.6 is 0 Å². The molecule has 3 N–H and O–H groups in total. The van der Waals surface area contributed by atoms with E-state index in [4.69, 9.17) is 4.74 Å². The number of amides is 3. The lowest BCUT2D eigenvalue weighted by Gasteiger charge is -2.11. The minimum atomic E-state index is -0.416. The van der Waals surface area contributed by atoms with Crippen LogP contribution in [0, 0.1) is 0 Å². The van der Waals surface area contributed by atoms with E-state index in [1.54, 1.807) is 13.2 Å². The average Bonchev–Trinajstić information content (AvgIpc) is 2.45. The second-order valence-corrected chi connectivity index (χ2v) is 4.25. The molecule has 110 valence electrons. The van der Waals surface area contributed by atoms with Gasteiger partial charge in [-0.25, -0.2) is 4.79 Å². The molecule has 6 nitrogen and oxygen atoms in total. The molecule has 0 fully saturated rings. The number of carbonyl (C=O) groups excluding carboxylic acids is 2. The fourth-order valence-corrected chi connectivity index (χ4v) is 1.58. The summed E-state index contributed by atoms with van der Waals surface area (Å²) in [7, 11) is 1.59. The topological polar surface area (TPSA) is 79.5 Å². The maximum Gasteiger partial charge on any atom is 0.319 e. The van der Waals surface area contributed by atoms with Crippen molar-refractivity contribution >= 4 is 17.6 Å². The summed E-state index contributed by atoms with van der Waals surface area (Å²) in [5, 5.41) is 7.88. The first-order valence-electron chi connectivity index (χ1n) is 6.55. The maximum atomic E-state index is 11.7. The van der Waals surface area contributed by atoms with E-state index in [1.165, 1.54) is 0 Å². The summed E-state index contributed by atoms with van der Waals surface area (Å²) in [6, 6.07) is 6.93. The molecule has 1 rings (SSSR count). The smallest absolute Gasteiger partial charge is 0.319 e. The molecule has 0 aliphatic carbocycles. The van der Waals surface area contributed by atoms with Gasteiger partial charge in [-0.05, 0) is 12.5 Å². The van der Waals surface area contributed by atoms with Crippen molar-refractivity contribution in [2.24, 2.45) is 0 Å². The molecule has 0 aromatic heterocycles. The molecule has 20 heavy (non-hydrogen) atoms. The van der Waals surface area contributed by atoms with Crippen LogP contribution in [0.1, 0.15) is 18.9 Å². The lowest BCUT2D eigenvalue weighted by molar-refractivity contribution is -0.120. The van der Waals surface area contributed by atoms with E-state index in [-0.39, 0.29) is 12.5 Å². The zero-order valence-corrected chi connectivity index (χ0v) is 11.9.